The monoisotopic (exact) mass is 525 g/mol. The summed E-state index contributed by atoms with van der Waals surface area (Å²) in [6.07, 6.45) is 9.47. The first-order valence-electron chi connectivity index (χ1n) is 12.6. The van der Waals surface area contributed by atoms with E-state index in [9.17, 15) is 15.0 Å². The minimum absolute atomic E-state index is 0.0164. The smallest absolute Gasteiger partial charge is 0.222 e. The van der Waals surface area contributed by atoms with Gasteiger partial charge in [-0.3, -0.25) is 4.79 Å². The SMILES string of the molecule is CC=Cc1cc(Nc2ncnc3sc4c(c23)CCC(CCC(=O)N(CCO)CCO)C4)c(OC)cc1N. The fourth-order valence-corrected chi connectivity index (χ4v) is 6.24. The van der Waals surface area contributed by atoms with E-state index in [1.807, 2.05) is 31.2 Å². The van der Waals surface area contributed by atoms with Crippen molar-refractivity contribution < 1.29 is 19.7 Å². The van der Waals surface area contributed by atoms with E-state index in [0.717, 1.165) is 53.0 Å². The van der Waals surface area contributed by atoms with Crippen LogP contribution in [-0.2, 0) is 17.6 Å². The lowest BCUT2D eigenvalue weighted by atomic mass is 9.85. The van der Waals surface area contributed by atoms with Crippen LogP contribution in [0.1, 0.15) is 42.2 Å². The Bertz CT molecular complexity index is 1270. The maximum atomic E-state index is 12.6. The zero-order valence-electron chi connectivity index (χ0n) is 21.4. The molecule has 2 heterocycles. The predicted octanol–water partition coefficient (Wildman–Crippen LogP) is 3.76. The van der Waals surface area contributed by atoms with E-state index < -0.39 is 0 Å². The van der Waals surface area contributed by atoms with Gasteiger partial charge in [-0.05, 0) is 55.7 Å². The minimum Gasteiger partial charge on any atom is -0.494 e. The van der Waals surface area contributed by atoms with Crippen LogP contribution in [-0.4, -0.2) is 64.4 Å². The molecule has 4 rings (SSSR count). The molecule has 1 atom stereocenters. The fraction of sp³-hybridized carbons (Fsp3) is 0.444. The molecule has 10 heteroatoms. The van der Waals surface area contributed by atoms with Crippen molar-refractivity contribution in [1.82, 2.24) is 14.9 Å². The Kier molecular flexibility index (Phi) is 8.96. The van der Waals surface area contributed by atoms with Crippen molar-refractivity contribution in [2.45, 2.75) is 39.0 Å². The van der Waals surface area contributed by atoms with Gasteiger partial charge in [-0.1, -0.05) is 12.2 Å². The van der Waals surface area contributed by atoms with Crippen LogP contribution in [0.25, 0.3) is 16.3 Å². The van der Waals surface area contributed by atoms with E-state index in [2.05, 4.69) is 15.3 Å². The Morgan fingerprint density at radius 3 is 2.78 bits per heavy atom. The first kappa shape index (κ1) is 26.8. The summed E-state index contributed by atoms with van der Waals surface area (Å²) >= 11 is 1.69. The molecule has 198 valence electrons. The average Bonchev–Trinajstić information content (AvgIpc) is 3.27. The first-order valence-corrected chi connectivity index (χ1v) is 13.4. The van der Waals surface area contributed by atoms with Crippen molar-refractivity contribution >= 4 is 50.7 Å². The molecule has 2 aromatic heterocycles. The Morgan fingerprint density at radius 2 is 2.08 bits per heavy atom. The van der Waals surface area contributed by atoms with Crippen LogP contribution >= 0.6 is 11.3 Å². The summed E-state index contributed by atoms with van der Waals surface area (Å²) in [5.41, 5.74) is 9.78. The number of hydrogen-bond acceptors (Lipinski definition) is 9. The zero-order chi connectivity index (χ0) is 26.4. The second-order valence-electron chi connectivity index (χ2n) is 9.19. The van der Waals surface area contributed by atoms with Crippen LogP contribution in [0, 0.1) is 5.92 Å². The number of fused-ring (bicyclic) bond motifs is 3. The highest BCUT2D eigenvalue weighted by Gasteiger charge is 2.26. The number of nitrogens with two attached hydrogens (primary N) is 1. The number of nitrogens with one attached hydrogen (secondary N) is 1. The first-order chi connectivity index (χ1) is 18.0. The van der Waals surface area contributed by atoms with Gasteiger partial charge in [0.25, 0.3) is 0 Å². The highest BCUT2D eigenvalue weighted by atomic mass is 32.1. The number of hydrogen-bond donors (Lipinski definition) is 4. The number of nitrogens with zero attached hydrogens (tertiary/aromatic N) is 3. The van der Waals surface area contributed by atoms with Crippen molar-refractivity contribution in [1.29, 1.82) is 0 Å². The highest BCUT2D eigenvalue weighted by molar-refractivity contribution is 7.19. The Labute approximate surface area is 221 Å². The molecule has 0 saturated heterocycles. The summed E-state index contributed by atoms with van der Waals surface area (Å²) in [7, 11) is 1.62. The number of aliphatic hydroxyl groups is 2. The van der Waals surface area contributed by atoms with E-state index >= 15 is 0 Å². The van der Waals surface area contributed by atoms with E-state index in [0.29, 0.717) is 23.8 Å². The summed E-state index contributed by atoms with van der Waals surface area (Å²) in [6, 6.07) is 3.78. The summed E-state index contributed by atoms with van der Waals surface area (Å²) in [6.45, 7) is 2.26. The molecule has 1 aliphatic carbocycles. The number of benzene rings is 1. The van der Waals surface area contributed by atoms with Gasteiger partial charge in [0, 0.05) is 36.1 Å². The number of anilines is 3. The van der Waals surface area contributed by atoms with Gasteiger partial charge in [-0.25, -0.2) is 9.97 Å². The molecule has 0 spiro atoms. The van der Waals surface area contributed by atoms with Crippen molar-refractivity contribution in [3.63, 3.8) is 0 Å². The lowest BCUT2D eigenvalue weighted by Crippen LogP contribution is -2.36. The van der Waals surface area contributed by atoms with Crippen LogP contribution < -0.4 is 15.8 Å². The molecule has 0 fully saturated rings. The number of aliphatic hydroxyl groups excluding tert-OH is 2. The topological polar surface area (TPSA) is 134 Å². The average molecular weight is 526 g/mol. The Morgan fingerprint density at radius 1 is 1.30 bits per heavy atom. The number of rotatable bonds is 11. The maximum Gasteiger partial charge on any atom is 0.222 e. The molecule has 3 aromatic rings. The molecule has 0 bridgehead atoms. The molecule has 0 saturated carbocycles. The van der Waals surface area contributed by atoms with Crippen LogP contribution in [0.4, 0.5) is 17.2 Å². The summed E-state index contributed by atoms with van der Waals surface area (Å²) in [5, 5.41) is 22.9. The quantitative estimate of drug-likeness (QED) is 0.278. The Hall–Kier alpha value is -3.21. The second kappa shape index (κ2) is 12.4. The van der Waals surface area contributed by atoms with Gasteiger partial charge >= 0.3 is 0 Å². The van der Waals surface area contributed by atoms with Gasteiger partial charge in [-0.2, -0.15) is 0 Å². The number of carbonyl (C=O) groups is 1. The number of methoxy groups -OCH3 is 1. The molecule has 1 amide bonds. The van der Waals surface area contributed by atoms with Gasteiger partial charge < -0.3 is 30.9 Å². The molecule has 1 unspecified atom stereocenters. The molecular weight excluding hydrogens is 490 g/mol. The predicted molar refractivity (Wildman–Crippen MR) is 148 cm³/mol. The molecule has 9 nitrogen and oxygen atoms in total. The molecule has 5 N–H and O–H groups in total. The van der Waals surface area contributed by atoms with Crippen molar-refractivity contribution in [2.75, 3.05) is 44.5 Å². The number of nitrogen functional groups attached to an aromatic ring is 1. The highest BCUT2D eigenvalue weighted by Crippen LogP contribution is 2.42. The van der Waals surface area contributed by atoms with Crippen LogP contribution in [0.2, 0.25) is 0 Å². The number of allylic oxidation sites excluding steroid dienone is 1. The van der Waals surface area contributed by atoms with Gasteiger partial charge in [-0.15, -0.1) is 11.3 Å². The number of carbonyl (C=O) groups excluding carboxylic acids is 1. The number of aryl methyl sites for hydroxylation is 1. The van der Waals surface area contributed by atoms with E-state index in [4.69, 9.17) is 10.5 Å². The lowest BCUT2D eigenvalue weighted by molar-refractivity contribution is -0.132. The molecular formula is C27H35N5O4S. The van der Waals surface area contributed by atoms with Crippen LogP contribution in [0.15, 0.2) is 24.5 Å². The lowest BCUT2D eigenvalue weighted by Gasteiger charge is -2.25. The van der Waals surface area contributed by atoms with Crippen LogP contribution in [0.5, 0.6) is 5.75 Å². The maximum absolute atomic E-state index is 12.6. The fourth-order valence-electron chi connectivity index (χ4n) is 4.94. The van der Waals surface area contributed by atoms with E-state index in [-0.39, 0.29) is 32.2 Å². The molecule has 37 heavy (non-hydrogen) atoms. The minimum atomic E-state index is -0.101. The Balaban J connectivity index is 1.54. The van der Waals surface area contributed by atoms with Crippen molar-refractivity contribution in [2.24, 2.45) is 5.92 Å². The number of thiophene rings is 1. The van der Waals surface area contributed by atoms with Crippen LogP contribution in [0.3, 0.4) is 0 Å². The second-order valence-corrected chi connectivity index (χ2v) is 10.3. The van der Waals surface area contributed by atoms with Crippen molar-refractivity contribution in [3.8, 4) is 5.75 Å². The van der Waals surface area contributed by atoms with Gasteiger partial charge in [0.2, 0.25) is 5.91 Å². The van der Waals surface area contributed by atoms with Gasteiger partial charge in [0.15, 0.2) is 0 Å². The van der Waals surface area contributed by atoms with Gasteiger partial charge in [0.1, 0.15) is 22.7 Å². The third-order valence-corrected chi connectivity index (χ3v) is 7.97. The van der Waals surface area contributed by atoms with E-state index in [1.54, 1.807) is 24.8 Å². The normalized spacial score (nSPS) is 15.2. The summed E-state index contributed by atoms with van der Waals surface area (Å²) in [5.74, 6) is 1.77. The number of aromatic nitrogens is 2. The standard InChI is InChI=1S/C27H35N5O4S/c1-3-4-18-14-21(22(36-2)15-20(18)28)31-26-25-19-7-5-17(13-23(19)37-27(25)30-16-29-26)6-8-24(35)32(9-11-33)10-12-34/h3-4,14-17,33-34H,5-13,28H2,1-2H3,(H,29,30,31). The molecule has 1 aromatic carbocycles. The molecule has 0 aliphatic heterocycles. The largest absolute Gasteiger partial charge is 0.494 e. The third-order valence-electron chi connectivity index (χ3n) is 6.81. The molecule has 0 radical (unpaired) electrons. The zero-order valence-corrected chi connectivity index (χ0v) is 22.2. The molecule has 1 aliphatic rings. The third kappa shape index (κ3) is 6.03. The summed E-state index contributed by atoms with van der Waals surface area (Å²) in [4.78, 5) is 25.5. The number of amides is 1. The van der Waals surface area contributed by atoms with E-state index in [1.165, 1.54) is 15.3 Å². The van der Waals surface area contributed by atoms with Gasteiger partial charge in [0.05, 0.1) is 31.4 Å². The summed E-state index contributed by atoms with van der Waals surface area (Å²) < 4.78 is 5.58. The number of ether oxygens (including phenoxy) is 1. The van der Waals surface area contributed by atoms with Crippen molar-refractivity contribution in [3.05, 3.63) is 40.5 Å².